The Kier molecular flexibility index (Phi) is 5.13. The van der Waals surface area contributed by atoms with E-state index >= 15 is 0 Å². The van der Waals surface area contributed by atoms with Gasteiger partial charge in [-0.15, -0.1) is 11.8 Å². The molecule has 0 amide bonds. The zero-order chi connectivity index (χ0) is 8.91. The maximum Gasteiger partial charge on any atom is 0.0990 e. The van der Waals surface area contributed by atoms with E-state index in [9.17, 15) is 0 Å². The van der Waals surface area contributed by atoms with Crippen LogP contribution in [0.4, 0.5) is 0 Å². The average Bonchev–Trinajstić information content (AvgIpc) is 1.83. The van der Waals surface area contributed by atoms with E-state index in [1.807, 2.05) is 11.8 Å². The summed E-state index contributed by atoms with van der Waals surface area (Å²) in [5, 5.41) is 0. The van der Waals surface area contributed by atoms with E-state index in [0.717, 1.165) is 5.88 Å². The number of ether oxygens (including phenoxy) is 1. The molecule has 0 aliphatic heterocycles. The summed E-state index contributed by atoms with van der Waals surface area (Å²) in [6.07, 6.45) is 0. The van der Waals surface area contributed by atoms with Crippen molar-refractivity contribution >= 4 is 11.8 Å². The number of thioether (sulfide) groups is 1. The lowest BCUT2D eigenvalue weighted by Gasteiger charge is -2.22. The van der Waals surface area contributed by atoms with Crippen LogP contribution in [0.15, 0.2) is 0 Å². The van der Waals surface area contributed by atoms with Gasteiger partial charge in [0.2, 0.25) is 0 Å². The van der Waals surface area contributed by atoms with E-state index in [-0.39, 0.29) is 0 Å². The molecule has 0 saturated heterocycles. The number of rotatable bonds is 4. The van der Waals surface area contributed by atoms with Gasteiger partial charge in [0.15, 0.2) is 0 Å². The summed E-state index contributed by atoms with van der Waals surface area (Å²) >= 11 is 1.93. The van der Waals surface area contributed by atoms with Gasteiger partial charge in [-0.2, -0.15) is 0 Å². The Morgan fingerprint density at radius 3 is 2.27 bits per heavy atom. The molecule has 0 aliphatic carbocycles. The fraction of sp³-hybridized carbons (Fsp3) is 1.00. The van der Waals surface area contributed by atoms with Crippen LogP contribution in [-0.2, 0) is 4.74 Å². The molecular weight excluding hydrogens is 158 g/mol. The third-order valence-corrected chi connectivity index (χ3v) is 2.50. The summed E-state index contributed by atoms with van der Waals surface area (Å²) in [6, 6.07) is 0. The van der Waals surface area contributed by atoms with Crippen LogP contribution in [0, 0.1) is 0 Å². The Morgan fingerprint density at radius 2 is 1.91 bits per heavy atom. The smallest absolute Gasteiger partial charge is 0.0990 e. The van der Waals surface area contributed by atoms with Gasteiger partial charge < -0.3 is 4.74 Å². The second kappa shape index (κ2) is 5.01. The average molecular weight is 177 g/mol. The van der Waals surface area contributed by atoms with Gasteiger partial charge >= 0.3 is 0 Å². The van der Waals surface area contributed by atoms with Crippen molar-refractivity contribution in [2.45, 2.75) is 25.5 Å². The molecule has 0 saturated carbocycles. The monoisotopic (exact) mass is 177 g/mol. The highest BCUT2D eigenvalue weighted by Gasteiger charge is 2.11. The van der Waals surface area contributed by atoms with Crippen LogP contribution in [0.1, 0.15) is 20.8 Å². The quantitative estimate of drug-likeness (QED) is 0.610. The van der Waals surface area contributed by atoms with Crippen molar-refractivity contribution < 1.29 is 4.74 Å². The van der Waals surface area contributed by atoms with E-state index in [1.54, 1.807) is 7.11 Å². The van der Waals surface area contributed by atoms with Gasteiger partial charge in [0.05, 0.1) is 6.73 Å². The molecule has 0 aromatic rings. The molecule has 0 unspecified atom stereocenters. The van der Waals surface area contributed by atoms with Gasteiger partial charge in [0, 0.05) is 17.7 Å². The normalized spacial score (nSPS) is 12.5. The Hall–Kier alpha value is 0.270. The Balaban J connectivity index is 3.38. The van der Waals surface area contributed by atoms with Crippen LogP contribution >= 0.6 is 11.8 Å². The minimum atomic E-state index is 0.349. The van der Waals surface area contributed by atoms with Gasteiger partial charge in [0.1, 0.15) is 0 Å². The first-order valence-corrected chi connectivity index (χ1v) is 4.75. The SMILES string of the molecule is COCN(C)CSC(C)(C)C. The molecule has 0 aliphatic rings. The number of methoxy groups -OCH3 is 1. The van der Waals surface area contributed by atoms with Crippen molar-refractivity contribution in [3.63, 3.8) is 0 Å². The fourth-order valence-corrected chi connectivity index (χ4v) is 1.24. The maximum absolute atomic E-state index is 4.98. The highest BCUT2D eigenvalue weighted by Crippen LogP contribution is 2.23. The highest BCUT2D eigenvalue weighted by atomic mass is 32.2. The Morgan fingerprint density at radius 1 is 1.36 bits per heavy atom. The number of hydrogen-bond acceptors (Lipinski definition) is 3. The summed E-state index contributed by atoms with van der Waals surface area (Å²) in [5.74, 6) is 1.03. The van der Waals surface area contributed by atoms with Crippen molar-refractivity contribution in [1.82, 2.24) is 4.90 Å². The molecule has 68 valence electrons. The molecular formula is C8H19NOS. The molecule has 0 radical (unpaired) electrons. The topological polar surface area (TPSA) is 12.5 Å². The molecule has 0 rings (SSSR count). The summed E-state index contributed by atoms with van der Waals surface area (Å²) in [6.45, 7) is 7.37. The molecule has 0 N–H and O–H groups in total. The van der Waals surface area contributed by atoms with Gasteiger partial charge in [0.25, 0.3) is 0 Å². The first-order valence-electron chi connectivity index (χ1n) is 3.77. The zero-order valence-electron chi connectivity index (χ0n) is 8.18. The van der Waals surface area contributed by atoms with Crippen LogP contribution in [-0.4, -0.2) is 36.4 Å². The van der Waals surface area contributed by atoms with E-state index in [4.69, 9.17) is 4.74 Å². The lowest BCUT2D eigenvalue weighted by molar-refractivity contribution is 0.0952. The fourth-order valence-electron chi connectivity index (χ4n) is 0.561. The van der Waals surface area contributed by atoms with E-state index < -0.39 is 0 Å². The molecule has 0 aromatic heterocycles. The third kappa shape index (κ3) is 8.17. The van der Waals surface area contributed by atoms with Gasteiger partial charge in [-0.1, -0.05) is 20.8 Å². The second-order valence-electron chi connectivity index (χ2n) is 3.66. The minimum absolute atomic E-state index is 0.349. The first-order chi connectivity index (χ1) is 4.95. The molecule has 3 heteroatoms. The Labute approximate surface area is 74.3 Å². The highest BCUT2D eigenvalue weighted by molar-refractivity contribution is 8.00. The van der Waals surface area contributed by atoms with Gasteiger partial charge in [-0.25, -0.2) is 0 Å². The summed E-state index contributed by atoms with van der Waals surface area (Å²) < 4.78 is 5.33. The molecule has 11 heavy (non-hydrogen) atoms. The molecule has 0 spiro atoms. The summed E-state index contributed by atoms with van der Waals surface area (Å²) in [5.41, 5.74) is 0. The molecule has 0 fully saturated rings. The summed E-state index contributed by atoms with van der Waals surface area (Å²) in [4.78, 5) is 2.15. The van der Waals surface area contributed by atoms with Crippen molar-refractivity contribution in [2.24, 2.45) is 0 Å². The number of hydrogen-bond donors (Lipinski definition) is 0. The second-order valence-corrected chi connectivity index (χ2v) is 5.43. The Bertz CT molecular complexity index is 101. The predicted molar refractivity (Wildman–Crippen MR) is 51.9 cm³/mol. The van der Waals surface area contributed by atoms with Gasteiger partial charge in [-0.05, 0) is 7.05 Å². The molecule has 0 heterocycles. The lowest BCUT2D eigenvalue weighted by atomic mass is 10.3. The van der Waals surface area contributed by atoms with Crippen molar-refractivity contribution in [1.29, 1.82) is 0 Å². The zero-order valence-corrected chi connectivity index (χ0v) is 8.99. The molecule has 0 atom stereocenters. The van der Waals surface area contributed by atoms with Crippen LogP contribution in [0.5, 0.6) is 0 Å². The number of nitrogens with zero attached hydrogens (tertiary/aromatic N) is 1. The van der Waals surface area contributed by atoms with E-state index in [0.29, 0.717) is 11.5 Å². The predicted octanol–water partition coefficient (Wildman–Crippen LogP) is 2.01. The van der Waals surface area contributed by atoms with Crippen LogP contribution in [0.2, 0.25) is 0 Å². The van der Waals surface area contributed by atoms with Crippen molar-refractivity contribution in [2.75, 3.05) is 26.8 Å². The first kappa shape index (κ1) is 11.3. The minimum Gasteiger partial charge on any atom is -0.369 e. The molecule has 0 bridgehead atoms. The van der Waals surface area contributed by atoms with Crippen LogP contribution in [0.25, 0.3) is 0 Å². The molecule has 2 nitrogen and oxygen atoms in total. The standard InChI is InChI=1S/C8H19NOS/c1-8(2,3)11-7-9(4)6-10-5/h6-7H2,1-5H3. The third-order valence-electron chi connectivity index (χ3n) is 1.07. The van der Waals surface area contributed by atoms with Gasteiger partial charge in [-0.3, -0.25) is 4.90 Å². The largest absolute Gasteiger partial charge is 0.369 e. The van der Waals surface area contributed by atoms with E-state index in [2.05, 4.69) is 32.7 Å². The van der Waals surface area contributed by atoms with Crippen LogP contribution in [0.3, 0.4) is 0 Å². The van der Waals surface area contributed by atoms with Crippen molar-refractivity contribution in [3.8, 4) is 0 Å². The maximum atomic E-state index is 4.98. The van der Waals surface area contributed by atoms with Crippen LogP contribution < -0.4 is 0 Å². The van der Waals surface area contributed by atoms with E-state index in [1.165, 1.54) is 0 Å². The summed E-state index contributed by atoms with van der Waals surface area (Å²) in [7, 11) is 3.78. The van der Waals surface area contributed by atoms with Crippen molar-refractivity contribution in [3.05, 3.63) is 0 Å². The molecule has 0 aromatic carbocycles. The lowest BCUT2D eigenvalue weighted by Crippen LogP contribution is -2.23.